The second-order valence-corrected chi connectivity index (χ2v) is 5.47. The van der Waals surface area contributed by atoms with Gasteiger partial charge in [0.2, 0.25) is 0 Å². The van der Waals surface area contributed by atoms with Crippen molar-refractivity contribution in [3.63, 3.8) is 0 Å². The molecule has 0 bridgehead atoms. The van der Waals surface area contributed by atoms with Crippen molar-refractivity contribution in [3.05, 3.63) is 29.3 Å². The smallest absolute Gasteiger partial charge is 0.134 e. The lowest BCUT2D eigenvalue weighted by molar-refractivity contribution is 0.116. The fourth-order valence-electron chi connectivity index (χ4n) is 2.80. The lowest BCUT2D eigenvalue weighted by Gasteiger charge is -2.31. The maximum absolute atomic E-state index is 9.31. The summed E-state index contributed by atoms with van der Waals surface area (Å²) in [6, 6.07) is 6.11. The third-order valence-electron chi connectivity index (χ3n) is 3.86. The third kappa shape index (κ3) is 4.47. The Balaban J connectivity index is 2.09. The first-order chi connectivity index (χ1) is 10.3. The molecule has 1 unspecified atom stereocenters. The summed E-state index contributed by atoms with van der Waals surface area (Å²) in [6.07, 6.45) is 2.28. The summed E-state index contributed by atoms with van der Waals surface area (Å²) in [6.45, 7) is 3.57. The molecule has 0 aromatic heterocycles. The molecular weight excluding hydrogens is 264 g/mol. The zero-order valence-electron chi connectivity index (χ0n) is 12.6. The first-order valence-electron chi connectivity index (χ1n) is 7.46. The predicted octanol–water partition coefficient (Wildman–Crippen LogP) is 1.21. The molecule has 1 saturated heterocycles. The Morgan fingerprint density at radius 2 is 2.33 bits per heavy atom. The number of ether oxygens (including phenoxy) is 1. The van der Waals surface area contributed by atoms with Gasteiger partial charge in [-0.3, -0.25) is 4.90 Å². The molecule has 1 aromatic rings. The molecule has 1 aliphatic rings. The standard InChI is InChI=1S/C17H24N2O2/c1-21-17-7-6-14(10-16(17)5-2-8-18)11-19-9-3-4-15(12-19)13-20/h6-7,10,15,20H,3-4,8-9,11-13,18H2,1H3. The number of piperidine rings is 1. The minimum atomic E-state index is 0.284. The molecular formula is C17H24N2O2. The minimum Gasteiger partial charge on any atom is -0.495 e. The van der Waals surface area contributed by atoms with E-state index in [1.54, 1.807) is 7.11 Å². The average molecular weight is 288 g/mol. The minimum absolute atomic E-state index is 0.284. The van der Waals surface area contributed by atoms with Crippen molar-refractivity contribution in [1.29, 1.82) is 0 Å². The highest BCUT2D eigenvalue weighted by atomic mass is 16.5. The number of benzene rings is 1. The number of hydrogen-bond acceptors (Lipinski definition) is 4. The van der Waals surface area contributed by atoms with E-state index in [9.17, 15) is 5.11 Å². The van der Waals surface area contributed by atoms with Crippen molar-refractivity contribution < 1.29 is 9.84 Å². The summed E-state index contributed by atoms with van der Waals surface area (Å²) in [4.78, 5) is 2.40. The second-order valence-electron chi connectivity index (χ2n) is 5.47. The van der Waals surface area contributed by atoms with Crippen LogP contribution in [0.2, 0.25) is 0 Å². The van der Waals surface area contributed by atoms with Crippen LogP contribution in [-0.4, -0.2) is 43.4 Å². The molecule has 0 spiro atoms. The van der Waals surface area contributed by atoms with Gasteiger partial charge in [-0.1, -0.05) is 17.9 Å². The number of rotatable bonds is 4. The molecule has 1 heterocycles. The quantitative estimate of drug-likeness (QED) is 0.818. The van der Waals surface area contributed by atoms with E-state index in [1.807, 2.05) is 6.07 Å². The van der Waals surface area contributed by atoms with E-state index in [0.717, 1.165) is 43.8 Å². The number of hydrogen-bond donors (Lipinski definition) is 2. The third-order valence-corrected chi connectivity index (χ3v) is 3.86. The van der Waals surface area contributed by atoms with Crippen molar-refractivity contribution in [1.82, 2.24) is 4.90 Å². The monoisotopic (exact) mass is 288 g/mol. The Bertz CT molecular complexity index is 519. The fraction of sp³-hybridized carbons (Fsp3) is 0.529. The second kappa shape index (κ2) is 8.04. The number of methoxy groups -OCH3 is 1. The molecule has 1 aliphatic heterocycles. The highest BCUT2D eigenvalue weighted by Gasteiger charge is 2.19. The van der Waals surface area contributed by atoms with Crippen LogP contribution in [-0.2, 0) is 6.54 Å². The van der Waals surface area contributed by atoms with Crippen LogP contribution in [0, 0.1) is 17.8 Å². The summed E-state index contributed by atoms with van der Waals surface area (Å²) in [5, 5.41) is 9.31. The number of aliphatic hydroxyl groups excluding tert-OH is 1. The van der Waals surface area contributed by atoms with E-state index in [2.05, 4.69) is 28.9 Å². The zero-order valence-corrected chi connectivity index (χ0v) is 12.6. The van der Waals surface area contributed by atoms with Crippen LogP contribution in [0.4, 0.5) is 0 Å². The van der Waals surface area contributed by atoms with Gasteiger partial charge in [-0.2, -0.15) is 0 Å². The van der Waals surface area contributed by atoms with Crippen LogP contribution < -0.4 is 10.5 Å². The van der Waals surface area contributed by atoms with Gasteiger partial charge in [0, 0.05) is 19.7 Å². The summed E-state index contributed by atoms with van der Waals surface area (Å²) in [5.41, 5.74) is 7.54. The highest BCUT2D eigenvalue weighted by molar-refractivity contribution is 5.48. The maximum Gasteiger partial charge on any atom is 0.134 e. The molecule has 4 nitrogen and oxygen atoms in total. The van der Waals surface area contributed by atoms with E-state index in [4.69, 9.17) is 10.5 Å². The van der Waals surface area contributed by atoms with Crippen molar-refractivity contribution in [2.24, 2.45) is 11.7 Å². The van der Waals surface area contributed by atoms with E-state index in [0.29, 0.717) is 12.5 Å². The lowest BCUT2D eigenvalue weighted by Crippen LogP contribution is -2.36. The van der Waals surface area contributed by atoms with Crippen LogP contribution in [0.15, 0.2) is 18.2 Å². The Kier molecular flexibility index (Phi) is 6.06. The lowest BCUT2D eigenvalue weighted by atomic mass is 9.98. The Morgan fingerprint density at radius 3 is 3.05 bits per heavy atom. The van der Waals surface area contributed by atoms with E-state index in [-0.39, 0.29) is 6.61 Å². The SMILES string of the molecule is COc1ccc(CN2CCCC(CO)C2)cc1C#CCN. The van der Waals surface area contributed by atoms with Gasteiger partial charge in [0.1, 0.15) is 5.75 Å². The van der Waals surface area contributed by atoms with Gasteiger partial charge >= 0.3 is 0 Å². The number of nitrogens with two attached hydrogens (primary N) is 1. The first kappa shape index (κ1) is 15.8. The molecule has 21 heavy (non-hydrogen) atoms. The summed E-state index contributed by atoms with van der Waals surface area (Å²) >= 11 is 0. The maximum atomic E-state index is 9.31. The van der Waals surface area contributed by atoms with Gasteiger partial charge in [-0.25, -0.2) is 0 Å². The van der Waals surface area contributed by atoms with Crippen molar-refractivity contribution >= 4 is 0 Å². The predicted molar refractivity (Wildman–Crippen MR) is 84.0 cm³/mol. The summed E-state index contributed by atoms with van der Waals surface area (Å²) in [7, 11) is 1.65. The molecule has 0 amide bonds. The van der Waals surface area contributed by atoms with Crippen LogP contribution in [0.5, 0.6) is 5.75 Å². The molecule has 0 saturated carbocycles. The van der Waals surface area contributed by atoms with Gasteiger partial charge in [-0.05, 0) is 43.0 Å². The molecule has 1 atom stereocenters. The summed E-state index contributed by atoms with van der Waals surface area (Å²) in [5.74, 6) is 7.13. The number of nitrogens with zero attached hydrogens (tertiary/aromatic N) is 1. The normalized spacial score (nSPS) is 18.9. The Morgan fingerprint density at radius 1 is 1.48 bits per heavy atom. The Labute approximate surface area is 126 Å². The molecule has 0 aliphatic carbocycles. The first-order valence-corrected chi connectivity index (χ1v) is 7.46. The molecule has 1 fully saturated rings. The van der Waals surface area contributed by atoms with Gasteiger partial charge in [-0.15, -0.1) is 0 Å². The van der Waals surface area contributed by atoms with Crippen molar-refractivity contribution in [2.45, 2.75) is 19.4 Å². The van der Waals surface area contributed by atoms with Crippen molar-refractivity contribution in [3.8, 4) is 17.6 Å². The van der Waals surface area contributed by atoms with E-state index >= 15 is 0 Å². The molecule has 3 N–H and O–H groups in total. The largest absolute Gasteiger partial charge is 0.495 e. The van der Waals surface area contributed by atoms with Gasteiger partial charge in [0.25, 0.3) is 0 Å². The molecule has 114 valence electrons. The van der Waals surface area contributed by atoms with E-state index in [1.165, 1.54) is 5.56 Å². The van der Waals surface area contributed by atoms with Gasteiger partial charge in [0.15, 0.2) is 0 Å². The van der Waals surface area contributed by atoms with Crippen LogP contribution in [0.25, 0.3) is 0 Å². The number of likely N-dealkylation sites (tertiary alicyclic amines) is 1. The summed E-state index contributed by atoms with van der Waals surface area (Å²) < 4.78 is 5.33. The molecule has 0 radical (unpaired) electrons. The van der Waals surface area contributed by atoms with Crippen LogP contribution in [0.3, 0.4) is 0 Å². The van der Waals surface area contributed by atoms with E-state index < -0.39 is 0 Å². The Hall–Kier alpha value is -1.54. The van der Waals surface area contributed by atoms with Gasteiger partial charge in [0.05, 0.1) is 19.2 Å². The van der Waals surface area contributed by atoms with Crippen LogP contribution in [0.1, 0.15) is 24.0 Å². The molecule has 2 rings (SSSR count). The van der Waals surface area contributed by atoms with Gasteiger partial charge < -0.3 is 15.6 Å². The average Bonchev–Trinajstić information content (AvgIpc) is 2.53. The fourth-order valence-corrected chi connectivity index (χ4v) is 2.80. The molecule has 1 aromatic carbocycles. The topological polar surface area (TPSA) is 58.7 Å². The molecule has 4 heteroatoms. The zero-order chi connectivity index (χ0) is 15.1. The van der Waals surface area contributed by atoms with Crippen molar-refractivity contribution in [2.75, 3.05) is 33.4 Å². The van der Waals surface area contributed by atoms with Crippen LogP contribution >= 0.6 is 0 Å². The number of aliphatic hydroxyl groups is 1. The highest BCUT2D eigenvalue weighted by Crippen LogP contribution is 2.22.